The zero-order valence-electron chi connectivity index (χ0n) is 16.4. The predicted octanol–water partition coefficient (Wildman–Crippen LogP) is 0.355. The molecule has 0 saturated heterocycles. The lowest BCUT2D eigenvalue weighted by atomic mass is 10.2. The zero-order valence-corrected chi connectivity index (χ0v) is 18.8. The van der Waals surface area contributed by atoms with Gasteiger partial charge in [-0.2, -0.15) is 0 Å². The number of carbonyl (C=O) groups is 1. The molecule has 0 fully saturated rings. The first kappa shape index (κ1) is 20.2. The van der Waals surface area contributed by atoms with Gasteiger partial charge in [-0.25, -0.2) is 19.4 Å². The normalized spacial score (nSPS) is 11.5. The van der Waals surface area contributed by atoms with Crippen molar-refractivity contribution in [3.63, 3.8) is 0 Å². The molecule has 1 N–H and O–H groups in total. The number of thiophene rings is 1. The summed E-state index contributed by atoms with van der Waals surface area (Å²) in [5.74, 6) is -0.559. The van der Waals surface area contributed by atoms with Crippen molar-refractivity contribution in [3.8, 4) is 0 Å². The summed E-state index contributed by atoms with van der Waals surface area (Å²) in [7, 11) is 2.84. The van der Waals surface area contributed by atoms with Crippen LogP contribution in [0.25, 0.3) is 21.4 Å². The number of fused-ring (bicyclic) bond motifs is 2. The number of nitrogens with zero attached hydrogens (tertiary/aromatic N) is 6. The predicted molar refractivity (Wildman–Crippen MR) is 116 cm³/mol. The third kappa shape index (κ3) is 2.92. The number of imidazole rings is 1. The molecule has 0 bridgehead atoms. The molecule has 0 radical (unpaired) electrons. The van der Waals surface area contributed by atoms with Crippen LogP contribution in [0.3, 0.4) is 0 Å². The maximum absolute atomic E-state index is 12.8. The van der Waals surface area contributed by atoms with Gasteiger partial charge in [0.2, 0.25) is 0 Å². The van der Waals surface area contributed by atoms with Crippen molar-refractivity contribution >= 4 is 54.6 Å². The molecular weight excluding hydrogens is 478 g/mol. The van der Waals surface area contributed by atoms with Crippen LogP contribution in [-0.2, 0) is 25.4 Å². The number of amides is 1. The highest BCUT2D eigenvalue weighted by Gasteiger charge is 2.20. The fraction of sp³-hybridized carbons (Fsp3) is 0.294. The second kappa shape index (κ2) is 7.02. The Kier molecular flexibility index (Phi) is 4.73. The summed E-state index contributed by atoms with van der Waals surface area (Å²) in [4.78, 5) is 60.0. The first-order valence-electron chi connectivity index (χ1n) is 8.70. The molecule has 4 aromatic rings. The Hall–Kier alpha value is -3.06. The summed E-state index contributed by atoms with van der Waals surface area (Å²) < 4.78 is 4.78. The first-order valence-corrected chi connectivity index (χ1v) is 10.3. The van der Waals surface area contributed by atoms with E-state index in [-0.39, 0.29) is 28.0 Å². The Labute approximate surface area is 180 Å². The van der Waals surface area contributed by atoms with Crippen LogP contribution in [0.2, 0.25) is 0 Å². The van der Waals surface area contributed by atoms with Gasteiger partial charge >= 0.3 is 5.69 Å². The van der Waals surface area contributed by atoms with Gasteiger partial charge in [0, 0.05) is 19.0 Å². The van der Waals surface area contributed by atoms with E-state index in [0.717, 1.165) is 19.7 Å². The van der Waals surface area contributed by atoms with Crippen LogP contribution < -0.4 is 22.2 Å². The third-order valence-corrected chi connectivity index (χ3v) is 6.65. The van der Waals surface area contributed by atoms with Gasteiger partial charge in [0.1, 0.15) is 17.7 Å². The van der Waals surface area contributed by atoms with E-state index in [1.165, 1.54) is 40.9 Å². The number of nitrogens with one attached hydrogen (secondary N) is 1. The van der Waals surface area contributed by atoms with Gasteiger partial charge in [0.15, 0.2) is 15.9 Å². The molecule has 0 saturated carbocycles. The van der Waals surface area contributed by atoms with E-state index in [4.69, 9.17) is 0 Å². The van der Waals surface area contributed by atoms with Crippen molar-refractivity contribution in [1.29, 1.82) is 0 Å². The molecular formula is C17H16BrN7O4S. The lowest BCUT2D eigenvalue weighted by molar-refractivity contribution is -0.117. The summed E-state index contributed by atoms with van der Waals surface area (Å²) in [6, 6.07) is 0. The summed E-state index contributed by atoms with van der Waals surface area (Å²) in [5, 5.41) is 0.459. The summed E-state index contributed by atoms with van der Waals surface area (Å²) in [5.41, 5.74) is 2.06. The SMILES string of the molecule is Cc1sc2ncn(NC(=O)Cn3c(Br)nc4c(=O)n(C)c(=O)n(C)c43)c(=O)c2c1C. The molecule has 13 heteroatoms. The lowest BCUT2D eigenvalue weighted by Gasteiger charge is -2.11. The average molecular weight is 494 g/mol. The zero-order chi connectivity index (χ0) is 21.9. The monoisotopic (exact) mass is 493 g/mol. The van der Waals surface area contributed by atoms with Gasteiger partial charge in [-0.05, 0) is 35.3 Å². The lowest BCUT2D eigenvalue weighted by Crippen LogP contribution is -2.38. The van der Waals surface area contributed by atoms with Gasteiger partial charge in [0.05, 0.1) is 5.39 Å². The molecule has 156 valence electrons. The van der Waals surface area contributed by atoms with Gasteiger partial charge in [-0.1, -0.05) is 0 Å². The van der Waals surface area contributed by atoms with E-state index in [9.17, 15) is 19.2 Å². The van der Waals surface area contributed by atoms with E-state index in [0.29, 0.717) is 10.2 Å². The Bertz CT molecular complexity index is 1540. The van der Waals surface area contributed by atoms with Crippen LogP contribution in [0, 0.1) is 13.8 Å². The molecule has 0 aromatic carbocycles. The molecule has 1 amide bonds. The van der Waals surface area contributed by atoms with Crippen molar-refractivity contribution in [2.45, 2.75) is 20.4 Å². The van der Waals surface area contributed by atoms with Crippen LogP contribution in [0.4, 0.5) is 0 Å². The molecule has 0 atom stereocenters. The maximum atomic E-state index is 12.8. The maximum Gasteiger partial charge on any atom is 0.332 e. The molecule has 4 heterocycles. The molecule has 0 aliphatic heterocycles. The van der Waals surface area contributed by atoms with Crippen LogP contribution >= 0.6 is 27.3 Å². The third-order valence-electron chi connectivity index (χ3n) is 4.93. The van der Waals surface area contributed by atoms with E-state index < -0.39 is 17.2 Å². The quantitative estimate of drug-likeness (QED) is 0.410. The van der Waals surface area contributed by atoms with Crippen molar-refractivity contribution in [2.75, 3.05) is 5.43 Å². The Morgan fingerprint density at radius 3 is 2.57 bits per heavy atom. The largest absolute Gasteiger partial charge is 0.332 e. The highest BCUT2D eigenvalue weighted by atomic mass is 79.9. The molecule has 0 spiro atoms. The topological polar surface area (TPSA) is 126 Å². The summed E-state index contributed by atoms with van der Waals surface area (Å²) in [6.45, 7) is 3.45. The van der Waals surface area contributed by atoms with E-state index in [1.807, 2.05) is 13.8 Å². The van der Waals surface area contributed by atoms with Crippen LogP contribution in [-0.4, -0.2) is 34.3 Å². The fourth-order valence-corrected chi connectivity index (χ4v) is 4.69. The minimum atomic E-state index is -0.567. The number of aromatic nitrogens is 6. The highest BCUT2D eigenvalue weighted by molar-refractivity contribution is 9.10. The average Bonchev–Trinajstić information content (AvgIpc) is 3.18. The van der Waals surface area contributed by atoms with Crippen LogP contribution in [0.15, 0.2) is 25.4 Å². The second-order valence-electron chi connectivity index (χ2n) is 6.76. The number of carbonyl (C=O) groups excluding carboxylic acids is 1. The Balaban J connectivity index is 1.74. The minimum Gasteiger partial charge on any atom is -0.295 e. The molecule has 4 aromatic heterocycles. The van der Waals surface area contributed by atoms with Crippen molar-refractivity contribution in [1.82, 2.24) is 28.3 Å². The molecule has 0 aliphatic rings. The highest BCUT2D eigenvalue weighted by Crippen LogP contribution is 2.25. The number of halogens is 1. The van der Waals surface area contributed by atoms with Crippen molar-refractivity contribution in [2.24, 2.45) is 14.1 Å². The molecule has 0 aliphatic carbocycles. The number of hydrogen-bond donors (Lipinski definition) is 1. The Morgan fingerprint density at radius 1 is 1.17 bits per heavy atom. The number of aryl methyl sites for hydroxylation is 3. The standard InChI is InChI=1S/C17H16BrN7O4S/c1-7-8(2)30-12-10(7)14(27)25(6-19-12)21-9(26)5-24-13-11(20-16(24)18)15(28)23(4)17(29)22(13)3/h6H,5H2,1-4H3,(H,21,26). The van der Waals surface area contributed by atoms with Gasteiger partial charge in [-0.3, -0.25) is 33.5 Å². The van der Waals surface area contributed by atoms with E-state index in [1.54, 1.807) is 0 Å². The second-order valence-corrected chi connectivity index (χ2v) is 8.68. The van der Waals surface area contributed by atoms with Crippen molar-refractivity contribution in [3.05, 3.63) is 52.7 Å². The van der Waals surface area contributed by atoms with Crippen LogP contribution in [0.5, 0.6) is 0 Å². The molecule has 11 nitrogen and oxygen atoms in total. The van der Waals surface area contributed by atoms with Crippen molar-refractivity contribution < 1.29 is 4.79 Å². The molecule has 4 rings (SSSR count). The number of rotatable bonds is 3. The fourth-order valence-electron chi connectivity index (χ4n) is 3.23. The molecule has 0 unspecified atom stereocenters. The van der Waals surface area contributed by atoms with E-state index >= 15 is 0 Å². The van der Waals surface area contributed by atoms with Gasteiger partial charge in [0.25, 0.3) is 17.0 Å². The first-order chi connectivity index (χ1) is 14.1. The van der Waals surface area contributed by atoms with Gasteiger partial charge < -0.3 is 0 Å². The molecule has 30 heavy (non-hydrogen) atoms. The van der Waals surface area contributed by atoms with Gasteiger partial charge in [-0.15, -0.1) is 11.3 Å². The summed E-state index contributed by atoms with van der Waals surface area (Å²) in [6.07, 6.45) is 1.25. The summed E-state index contributed by atoms with van der Waals surface area (Å²) >= 11 is 4.64. The van der Waals surface area contributed by atoms with Crippen LogP contribution in [0.1, 0.15) is 10.4 Å². The van der Waals surface area contributed by atoms with E-state index in [2.05, 4.69) is 31.3 Å². The Morgan fingerprint density at radius 2 is 1.87 bits per heavy atom. The smallest absolute Gasteiger partial charge is 0.295 e. The minimum absolute atomic E-state index is 0.0453. The number of hydrogen-bond acceptors (Lipinski definition) is 7.